The van der Waals surface area contributed by atoms with Gasteiger partial charge in [-0.3, -0.25) is 14.5 Å². The molecular formula is C22H27N3O3. The monoisotopic (exact) mass is 381 g/mol. The van der Waals surface area contributed by atoms with E-state index >= 15 is 0 Å². The maximum atomic E-state index is 12.9. The van der Waals surface area contributed by atoms with Crippen LogP contribution in [0.15, 0.2) is 48.5 Å². The van der Waals surface area contributed by atoms with E-state index in [-0.39, 0.29) is 19.0 Å². The summed E-state index contributed by atoms with van der Waals surface area (Å²) >= 11 is 0. The number of fused-ring (bicyclic) bond motifs is 1. The fraction of sp³-hybridized carbons (Fsp3) is 0.364. The maximum absolute atomic E-state index is 12.9. The predicted octanol–water partition coefficient (Wildman–Crippen LogP) is 2.52. The van der Waals surface area contributed by atoms with Crippen LogP contribution in [-0.4, -0.2) is 43.0 Å². The molecule has 0 radical (unpaired) electrons. The first-order chi connectivity index (χ1) is 13.3. The number of ether oxygens (including phenoxy) is 1. The van der Waals surface area contributed by atoms with Gasteiger partial charge < -0.3 is 15.4 Å². The van der Waals surface area contributed by atoms with Crippen LogP contribution in [0.1, 0.15) is 30.9 Å². The van der Waals surface area contributed by atoms with Gasteiger partial charge in [-0.1, -0.05) is 50.2 Å². The molecule has 1 heterocycles. The van der Waals surface area contributed by atoms with E-state index in [1.807, 2.05) is 24.1 Å². The molecule has 2 aromatic carbocycles. The van der Waals surface area contributed by atoms with Gasteiger partial charge in [-0.15, -0.1) is 0 Å². The lowest BCUT2D eigenvalue weighted by Gasteiger charge is -2.34. The molecule has 148 valence electrons. The fourth-order valence-electron chi connectivity index (χ4n) is 3.31. The first-order valence-corrected chi connectivity index (χ1v) is 9.48. The first-order valence-electron chi connectivity index (χ1n) is 9.48. The lowest BCUT2D eigenvalue weighted by atomic mass is 10.0. The zero-order chi connectivity index (χ0) is 20.3. The quantitative estimate of drug-likeness (QED) is 0.834. The Morgan fingerprint density at radius 3 is 2.50 bits per heavy atom. The van der Waals surface area contributed by atoms with Gasteiger partial charge in [-0.05, 0) is 36.2 Å². The molecule has 1 aliphatic heterocycles. The number of likely N-dealkylation sites (N-methyl/N-ethyl adjacent to an activating group) is 1. The van der Waals surface area contributed by atoms with Crippen LogP contribution in [0, 0.1) is 0 Å². The predicted molar refractivity (Wildman–Crippen MR) is 109 cm³/mol. The van der Waals surface area contributed by atoms with Gasteiger partial charge in [-0.2, -0.15) is 0 Å². The molecule has 0 aromatic heterocycles. The summed E-state index contributed by atoms with van der Waals surface area (Å²) in [5, 5.41) is 0. The molecule has 0 bridgehead atoms. The molecule has 3 rings (SSSR count). The second-order valence-electron chi connectivity index (χ2n) is 7.55. The van der Waals surface area contributed by atoms with Crippen LogP contribution in [0.4, 0.5) is 5.69 Å². The molecule has 28 heavy (non-hydrogen) atoms. The van der Waals surface area contributed by atoms with Crippen molar-refractivity contribution in [1.82, 2.24) is 4.90 Å². The standard InChI is InChI=1S/C22H27N3O3/c1-15(2)17-10-8-16(9-11-17)12-24(3)14-21(26)25-13-20(22(23)27)28-19-7-5-4-6-18(19)25/h4-11,15,20H,12-14H2,1-3H3,(H2,23,27). The highest BCUT2D eigenvalue weighted by Gasteiger charge is 2.32. The molecule has 0 saturated heterocycles. The van der Waals surface area contributed by atoms with Crippen molar-refractivity contribution >= 4 is 17.5 Å². The number of nitrogens with two attached hydrogens (primary N) is 1. The third kappa shape index (κ3) is 4.51. The first kappa shape index (κ1) is 19.9. The maximum Gasteiger partial charge on any atom is 0.260 e. The Bertz CT molecular complexity index is 848. The molecule has 6 heteroatoms. The zero-order valence-electron chi connectivity index (χ0n) is 16.6. The summed E-state index contributed by atoms with van der Waals surface area (Å²) in [5.74, 6) is 0.319. The third-order valence-electron chi connectivity index (χ3n) is 4.90. The molecule has 1 unspecified atom stereocenters. The van der Waals surface area contributed by atoms with E-state index in [0.29, 0.717) is 23.9 Å². The van der Waals surface area contributed by atoms with Gasteiger partial charge >= 0.3 is 0 Å². The largest absolute Gasteiger partial charge is 0.477 e. The third-order valence-corrected chi connectivity index (χ3v) is 4.90. The van der Waals surface area contributed by atoms with Crippen molar-refractivity contribution in [3.05, 3.63) is 59.7 Å². The van der Waals surface area contributed by atoms with Crippen molar-refractivity contribution < 1.29 is 14.3 Å². The Kier molecular flexibility index (Phi) is 5.99. The van der Waals surface area contributed by atoms with E-state index < -0.39 is 12.0 Å². The summed E-state index contributed by atoms with van der Waals surface area (Å²) in [4.78, 5) is 28.1. The summed E-state index contributed by atoms with van der Waals surface area (Å²) < 4.78 is 5.62. The Labute approximate surface area is 165 Å². The second kappa shape index (κ2) is 8.44. The molecule has 2 aromatic rings. The van der Waals surface area contributed by atoms with Crippen molar-refractivity contribution in [2.75, 3.05) is 25.0 Å². The summed E-state index contributed by atoms with van der Waals surface area (Å²) in [5.41, 5.74) is 8.52. The van der Waals surface area contributed by atoms with Crippen LogP contribution >= 0.6 is 0 Å². The molecule has 0 spiro atoms. The van der Waals surface area contributed by atoms with Gasteiger partial charge in [0.2, 0.25) is 5.91 Å². The van der Waals surface area contributed by atoms with E-state index in [1.54, 1.807) is 17.0 Å². The van der Waals surface area contributed by atoms with Gasteiger partial charge in [0.05, 0.1) is 18.8 Å². The summed E-state index contributed by atoms with van der Waals surface area (Å²) in [6.45, 7) is 5.35. The molecular weight excluding hydrogens is 354 g/mol. The SMILES string of the molecule is CC(C)c1ccc(CN(C)CC(=O)N2CC(C(N)=O)Oc3ccccc32)cc1. The second-order valence-corrected chi connectivity index (χ2v) is 7.55. The number of anilines is 1. The molecule has 1 atom stereocenters. The van der Waals surface area contributed by atoms with Gasteiger partial charge in [0.15, 0.2) is 6.10 Å². The lowest BCUT2D eigenvalue weighted by Crippen LogP contribution is -2.51. The minimum atomic E-state index is -0.840. The highest BCUT2D eigenvalue weighted by molar-refractivity contribution is 5.98. The molecule has 0 fully saturated rings. The number of carbonyl (C=O) groups excluding carboxylic acids is 2. The zero-order valence-corrected chi connectivity index (χ0v) is 16.6. The lowest BCUT2D eigenvalue weighted by molar-refractivity contribution is -0.125. The van der Waals surface area contributed by atoms with Crippen LogP contribution in [0.25, 0.3) is 0 Å². The molecule has 0 saturated carbocycles. The topological polar surface area (TPSA) is 75.9 Å². The number of benzene rings is 2. The number of amides is 2. The molecule has 0 aliphatic carbocycles. The summed E-state index contributed by atoms with van der Waals surface area (Å²) in [6, 6.07) is 15.7. The molecule has 6 nitrogen and oxygen atoms in total. The highest BCUT2D eigenvalue weighted by Crippen LogP contribution is 2.33. The number of primary amides is 1. The molecule has 2 N–H and O–H groups in total. The van der Waals surface area contributed by atoms with Crippen molar-refractivity contribution in [1.29, 1.82) is 0 Å². The van der Waals surface area contributed by atoms with E-state index in [4.69, 9.17) is 10.5 Å². The number of hydrogen-bond acceptors (Lipinski definition) is 4. The van der Waals surface area contributed by atoms with Gasteiger partial charge in [0.1, 0.15) is 5.75 Å². The smallest absolute Gasteiger partial charge is 0.260 e. The Balaban J connectivity index is 1.68. The van der Waals surface area contributed by atoms with E-state index in [2.05, 4.69) is 38.1 Å². The fourth-order valence-corrected chi connectivity index (χ4v) is 3.31. The normalized spacial score (nSPS) is 16.0. The van der Waals surface area contributed by atoms with Crippen LogP contribution in [0.2, 0.25) is 0 Å². The van der Waals surface area contributed by atoms with Crippen LogP contribution in [-0.2, 0) is 16.1 Å². The number of nitrogens with zero attached hydrogens (tertiary/aromatic N) is 2. The van der Waals surface area contributed by atoms with E-state index in [1.165, 1.54) is 5.56 Å². The Morgan fingerprint density at radius 1 is 1.18 bits per heavy atom. The van der Waals surface area contributed by atoms with Gasteiger partial charge in [0, 0.05) is 6.54 Å². The van der Waals surface area contributed by atoms with Gasteiger partial charge in [-0.25, -0.2) is 0 Å². The van der Waals surface area contributed by atoms with Crippen molar-refractivity contribution in [3.8, 4) is 5.75 Å². The highest BCUT2D eigenvalue weighted by atomic mass is 16.5. The van der Waals surface area contributed by atoms with Crippen molar-refractivity contribution in [3.63, 3.8) is 0 Å². The average Bonchev–Trinajstić information content (AvgIpc) is 2.67. The number of rotatable bonds is 6. The molecule has 2 amide bonds. The van der Waals surface area contributed by atoms with Crippen molar-refractivity contribution in [2.24, 2.45) is 5.73 Å². The number of hydrogen-bond donors (Lipinski definition) is 1. The molecule has 1 aliphatic rings. The van der Waals surface area contributed by atoms with E-state index in [9.17, 15) is 9.59 Å². The van der Waals surface area contributed by atoms with Crippen LogP contribution in [0.5, 0.6) is 5.75 Å². The van der Waals surface area contributed by atoms with Crippen LogP contribution < -0.4 is 15.4 Å². The number of carbonyl (C=O) groups is 2. The average molecular weight is 381 g/mol. The minimum Gasteiger partial charge on any atom is -0.477 e. The Morgan fingerprint density at radius 2 is 1.86 bits per heavy atom. The summed E-state index contributed by atoms with van der Waals surface area (Å²) in [7, 11) is 1.91. The Hall–Kier alpha value is -2.86. The van der Waals surface area contributed by atoms with Crippen LogP contribution in [0.3, 0.4) is 0 Å². The summed E-state index contributed by atoms with van der Waals surface area (Å²) in [6.07, 6.45) is -0.840. The van der Waals surface area contributed by atoms with E-state index in [0.717, 1.165) is 5.56 Å². The number of para-hydroxylation sites is 2. The minimum absolute atomic E-state index is 0.0942. The van der Waals surface area contributed by atoms with Gasteiger partial charge in [0.25, 0.3) is 5.91 Å². The van der Waals surface area contributed by atoms with Crippen molar-refractivity contribution in [2.45, 2.75) is 32.4 Å².